The van der Waals surface area contributed by atoms with Gasteiger partial charge in [-0.2, -0.15) is 0 Å². The van der Waals surface area contributed by atoms with E-state index in [0.29, 0.717) is 25.7 Å². The van der Waals surface area contributed by atoms with Gasteiger partial charge >= 0.3 is 11.9 Å². The van der Waals surface area contributed by atoms with E-state index in [2.05, 4.69) is 5.32 Å². The molecule has 0 radical (unpaired) electrons. The van der Waals surface area contributed by atoms with Gasteiger partial charge in [0, 0.05) is 12.1 Å². The minimum Gasteiger partial charge on any atom is -0.496 e. The van der Waals surface area contributed by atoms with Crippen LogP contribution in [-0.4, -0.2) is 44.2 Å². The number of nitrogens with one attached hydrogen (secondary N) is 1. The van der Waals surface area contributed by atoms with E-state index in [1.54, 1.807) is 0 Å². The van der Waals surface area contributed by atoms with Gasteiger partial charge in [0.15, 0.2) is 11.6 Å². The first-order valence-corrected chi connectivity index (χ1v) is 15.5. The quantitative estimate of drug-likeness (QED) is 0.228. The van der Waals surface area contributed by atoms with Gasteiger partial charge in [-0.15, -0.1) is 0 Å². The second kappa shape index (κ2) is 12.5. The number of ether oxygens (including phenoxy) is 4. The van der Waals surface area contributed by atoms with E-state index >= 15 is 4.39 Å². The minimum absolute atomic E-state index is 0.00856. The van der Waals surface area contributed by atoms with Crippen LogP contribution in [0.5, 0.6) is 11.5 Å². The van der Waals surface area contributed by atoms with E-state index in [0.717, 1.165) is 28.8 Å². The van der Waals surface area contributed by atoms with Crippen LogP contribution in [0.15, 0.2) is 66.7 Å². The minimum atomic E-state index is -0.681. The molecule has 2 bridgehead atoms. The zero-order valence-corrected chi connectivity index (χ0v) is 25.7. The van der Waals surface area contributed by atoms with E-state index in [9.17, 15) is 14.4 Å². The molecule has 0 saturated heterocycles. The Labute approximate surface area is 261 Å². The number of halogens is 1. The summed E-state index contributed by atoms with van der Waals surface area (Å²) in [7, 11) is 2.71. The number of carbonyl (C=O) groups is 3. The largest absolute Gasteiger partial charge is 0.496 e. The highest BCUT2D eigenvalue weighted by Crippen LogP contribution is 2.45. The van der Waals surface area contributed by atoms with E-state index in [-0.39, 0.29) is 53.5 Å². The molecule has 0 heterocycles. The molecular formula is C36H38FNO7. The van der Waals surface area contributed by atoms with Crippen molar-refractivity contribution in [3.05, 3.63) is 83.7 Å². The molecule has 4 atom stereocenters. The lowest BCUT2D eigenvalue weighted by Crippen LogP contribution is -2.46. The highest BCUT2D eigenvalue weighted by Gasteiger charge is 2.49. The van der Waals surface area contributed by atoms with Crippen LogP contribution in [0.25, 0.3) is 10.8 Å². The summed E-state index contributed by atoms with van der Waals surface area (Å²) in [6.07, 6.45) is 6.50. The molecule has 2 saturated carbocycles. The van der Waals surface area contributed by atoms with E-state index < -0.39 is 29.1 Å². The number of hydrogen-bond acceptors (Lipinski definition) is 7. The maximum atomic E-state index is 15.1. The van der Waals surface area contributed by atoms with Gasteiger partial charge in [-0.3, -0.25) is 14.4 Å². The number of methoxy groups -OCH3 is 2. The molecule has 2 fully saturated rings. The van der Waals surface area contributed by atoms with Gasteiger partial charge in [0.05, 0.1) is 37.2 Å². The SMILES string of the molecule is COC(=O)[C@@H]1[C@H](NC(=O)c2cc(O[C@H]3CC[C@@](C)(C(=O)OCc4cccc5ccccc45)CC3)c(F)cc2OC)[C@H]2C=C[C@@H]1C2. The molecule has 0 spiro atoms. The third kappa shape index (κ3) is 6.00. The molecule has 0 aromatic heterocycles. The molecule has 3 aromatic rings. The lowest BCUT2D eigenvalue weighted by molar-refractivity contribution is -0.159. The Morgan fingerprint density at radius 3 is 2.44 bits per heavy atom. The van der Waals surface area contributed by atoms with Crippen LogP contribution in [-0.2, 0) is 25.7 Å². The molecule has 3 aromatic carbocycles. The smallest absolute Gasteiger partial charge is 0.312 e. The molecule has 3 aliphatic carbocycles. The summed E-state index contributed by atoms with van der Waals surface area (Å²) < 4.78 is 37.3. The molecule has 8 nitrogen and oxygen atoms in total. The number of benzene rings is 3. The van der Waals surface area contributed by atoms with Gasteiger partial charge in [-0.1, -0.05) is 54.6 Å². The Bertz CT molecular complexity index is 1640. The number of esters is 2. The van der Waals surface area contributed by atoms with E-state index in [4.69, 9.17) is 18.9 Å². The Kier molecular flexibility index (Phi) is 8.53. The Hall–Kier alpha value is -4.40. The summed E-state index contributed by atoms with van der Waals surface area (Å²) in [6, 6.07) is 16.0. The average Bonchev–Trinajstić information content (AvgIpc) is 3.67. The number of allylic oxidation sites excluding steroid dienone is 1. The summed E-state index contributed by atoms with van der Waals surface area (Å²) in [5.74, 6) is -2.22. The molecular weight excluding hydrogens is 577 g/mol. The second-order valence-corrected chi connectivity index (χ2v) is 12.6. The molecule has 6 rings (SSSR count). The molecule has 1 amide bonds. The van der Waals surface area contributed by atoms with E-state index in [1.165, 1.54) is 20.3 Å². The fourth-order valence-corrected chi connectivity index (χ4v) is 7.14. The summed E-state index contributed by atoms with van der Waals surface area (Å²) in [5, 5.41) is 5.12. The van der Waals surface area contributed by atoms with Crippen LogP contribution < -0.4 is 14.8 Å². The predicted octanol–water partition coefficient (Wildman–Crippen LogP) is 6.15. The lowest BCUT2D eigenvalue weighted by Gasteiger charge is -2.35. The van der Waals surface area contributed by atoms with Crippen molar-refractivity contribution in [3.63, 3.8) is 0 Å². The summed E-state index contributed by atoms with van der Waals surface area (Å²) >= 11 is 0. The maximum Gasteiger partial charge on any atom is 0.312 e. The number of carbonyl (C=O) groups excluding carboxylic acids is 3. The predicted molar refractivity (Wildman–Crippen MR) is 165 cm³/mol. The van der Waals surface area contributed by atoms with Gasteiger partial charge in [0.1, 0.15) is 12.4 Å². The highest BCUT2D eigenvalue weighted by atomic mass is 19.1. The van der Waals surface area contributed by atoms with Crippen molar-refractivity contribution in [1.29, 1.82) is 0 Å². The van der Waals surface area contributed by atoms with Crippen LogP contribution in [0.3, 0.4) is 0 Å². The molecule has 45 heavy (non-hydrogen) atoms. The van der Waals surface area contributed by atoms with Crippen molar-refractivity contribution < 1.29 is 37.7 Å². The van der Waals surface area contributed by atoms with Gasteiger partial charge in [-0.25, -0.2) is 4.39 Å². The van der Waals surface area contributed by atoms with Crippen LogP contribution in [0.4, 0.5) is 4.39 Å². The molecule has 9 heteroatoms. The lowest BCUT2D eigenvalue weighted by atomic mass is 9.74. The number of hydrogen-bond donors (Lipinski definition) is 1. The van der Waals surface area contributed by atoms with Crippen LogP contribution in [0, 0.1) is 29.0 Å². The highest BCUT2D eigenvalue weighted by molar-refractivity contribution is 5.98. The van der Waals surface area contributed by atoms with Gasteiger partial charge in [-0.05, 0) is 73.3 Å². The monoisotopic (exact) mass is 615 g/mol. The number of rotatable bonds is 9. The van der Waals surface area contributed by atoms with Crippen LogP contribution in [0.2, 0.25) is 0 Å². The first kappa shape index (κ1) is 30.6. The first-order valence-electron chi connectivity index (χ1n) is 15.5. The molecule has 236 valence electrons. The van der Waals surface area contributed by atoms with Crippen molar-refractivity contribution in [2.24, 2.45) is 23.2 Å². The Balaban J connectivity index is 1.09. The summed E-state index contributed by atoms with van der Waals surface area (Å²) in [6.45, 7) is 2.09. The third-order valence-corrected chi connectivity index (χ3v) is 9.79. The molecule has 3 aliphatic rings. The number of fused-ring (bicyclic) bond motifs is 3. The van der Waals surface area contributed by atoms with Crippen LogP contribution >= 0.6 is 0 Å². The number of amides is 1. The van der Waals surface area contributed by atoms with Crippen molar-refractivity contribution in [2.75, 3.05) is 14.2 Å². The van der Waals surface area contributed by atoms with Gasteiger partial charge in [0.25, 0.3) is 5.91 Å². The van der Waals surface area contributed by atoms with Crippen molar-refractivity contribution in [3.8, 4) is 11.5 Å². The first-order chi connectivity index (χ1) is 21.7. The zero-order valence-electron chi connectivity index (χ0n) is 25.7. The topological polar surface area (TPSA) is 100 Å². The third-order valence-electron chi connectivity index (χ3n) is 9.79. The fourth-order valence-electron chi connectivity index (χ4n) is 7.14. The standard InChI is InChI=1S/C36H38FNO7/c1-36(35(41)44-20-24-9-6-8-21-7-4-5-10-26(21)24)15-13-25(14-16-36)45-30-18-27(29(42-2)19-28(30)37)33(39)38-32-23-12-11-22(17-23)31(32)34(40)43-3/h4-12,18-19,22-23,25,31-32H,13-17,20H2,1-3H3,(H,38,39)/t22-,23+,25-,31+,32-,36+/m1/s1. The molecule has 0 aliphatic heterocycles. The van der Waals surface area contributed by atoms with E-state index in [1.807, 2.05) is 61.5 Å². The zero-order chi connectivity index (χ0) is 31.7. The average molecular weight is 616 g/mol. The summed E-state index contributed by atoms with van der Waals surface area (Å²) in [5.41, 5.74) is 0.385. The van der Waals surface area contributed by atoms with Crippen molar-refractivity contribution in [2.45, 2.75) is 57.8 Å². The summed E-state index contributed by atoms with van der Waals surface area (Å²) in [4.78, 5) is 39.1. The van der Waals surface area contributed by atoms with Crippen molar-refractivity contribution >= 4 is 28.6 Å². The molecule has 1 N–H and O–H groups in total. The maximum absolute atomic E-state index is 15.1. The van der Waals surface area contributed by atoms with Crippen molar-refractivity contribution in [1.82, 2.24) is 5.32 Å². The second-order valence-electron chi connectivity index (χ2n) is 12.6. The Morgan fingerprint density at radius 1 is 0.956 bits per heavy atom. The Morgan fingerprint density at radius 2 is 1.69 bits per heavy atom. The fraction of sp³-hybridized carbons (Fsp3) is 0.417. The molecule has 0 unspecified atom stereocenters. The van der Waals surface area contributed by atoms with Gasteiger partial charge < -0.3 is 24.3 Å². The normalized spacial score (nSPS) is 26.8. The van der Waals surface area contributed by atoms with Crippen LogP contribution in [0.1, 0.15) is 54.9 Å². The van der Waals surface area contributed by atoms with Gasteiger partial charge in [0.2, 0.25) is 0 Å².